The van der Waals surface area contributed by atoms with Gasteiger partial charge in [0, 0.05) is 6.04 Å². The van der Waals surface area contributed by atoms with E-state index >= 15 is 0 Å². The number of carbonyl (C=O) groups excluding carboxylic acids is 1. The Labute approximate surface area is 90.7 Å². The molecule has 0 spiro atoms. The van der Waals surface area contributed by atoms with Crippen molar-refractivity contribution < 1.29 is 13.2 Å². The van der Waals surface area contributed by atoms with Crippen LogP contribution >= 0.6 is 0 Å². The van der Waals surface area contributed by atoms with Crippen LogP contribution in [0, 0.1) is 0 Å². The lowest BCUT2D eigenvalue weighted by Crippen LogP contribution is -2.39. The van der Waals surface area contributed by atoms with Crippen LogP contribution in [0.4, 0.5) is 0 Å². The maximum Gasteiger partial charge on any atom is 0.238 e. The third-order valence-electron chi connectivity index (χ3n) is 2.40. The number of hydrogen-bond acceptors (Lipinski definition) is 3. The quantitative estimate of drug-likeness (QED) is 0.706. The molecule has 0 bridgehead atoms. The average Bonchev–Trinajstić information content (AvgIpc) is 2.97. The van der Waals surface area contributed by atoms with Crippen LogP contribution in [0.3, 0.4) is 0 Å². The molecule has 1 saturated carbocycles. The molecule has 0 aromatic heterocycles. The Hall–Kier alpha value is -0.840. The van der Waals surface area contributed by atoms with Crippen LogP contribution in [-0.4, -0.2) is 31.4 Å². The largest absolute Gasteiger partial charge is 0.352 e. The first-order valence-electron chi connectivity index (χ1n) is 5.10. The van der Waals surface area contributed by atoms with Crippen LogP contribution in [0.25, 0.3) is 0 Å². The van der Waals surface area contributed by atoms with Crippen LogP contribution < -0.4 is 5.32 Å². The van der Waals surface area contributed by atoms with Crippen LogP contribution in [0.15, 0.2) is 12.2 Å². The van der Waals surface area contributed by atoms with Crippen molar-refractivity contribution in [1.82, 2.24) is 5.32 Å². The Morgan fingerprint density at radius 1 is 1.53 bits per heavy atom. The van der Waals surface area contributed by atoms with Gasteiger partial charge >= 0.3 is 0 Å². The maximum atomic E-state index is 11.6. The van der Waals surface area contributed by atoms with Gasteiger partial charge in [0.2, 0.25) is 5.91 Å². The molecule has 4 nitrogen and oxygen atoms in total. The van der Waals surface area contributed by atoms with E-state index < -0.39 is 15.1 Å². The van der Waals surface area contributed by atoms with Gasteiger partial charge in [-0.15, -0.1) is 0 Å². The summed E-state index contributed by atoms with van der Waals surface area (Å²) >= 11 is 0. The molecule has 5 heteroatoms. The Kier molecular flexibility index (Phi) is 3.90. The van der Waals surface area contributed by atoms with Gasteiger partial charge in [-0.05, 0) is 26.7 Å². The van der Waals surface area contributed by atoms with Gasteiger partial charge in [0.1, 0.15) is 5.25 Å². The highest BCUT2D eigenvalue weighted by molar-refractivity contribution is 7.92. The SMILES string of the molecule is CC=CCS(=O)(=O)C(C)C(=O)NC1CC1. The second kappa shape index (κ2) is 4.79. The first-order valence-corrected chi connectivity index (χ1v) is 6.82. The molecular weight excluding hydrogens is 214 g/mol. The fourth-order valence-electron chi connectivity index (χ4n) is 1.08. The highest BCUT2D eigenvalue weighted by Crippen LogP contribution is 2.19. The van der Waals surface area contributed by atoms with E-state index in [0.717, 1.165) is 12.8 Å². The van der Waals surface area contributed by atoms with E-state index in [1.807, 2.05) is 0 Å². The van der Waals surface area contributed by atoms with Crippen LogP contribution in [0.2, 0.25) is 0 Å². The van der Waals surface area contributed by atoms with E-state index in [2.05, 4.69) is 5.32 Å². The smallest absolute Gasteiger partial charge is 0.238 e. The normalized spacial score (nSPS) is 19.1. The second-order valence-corrected chi connectivity index (χ2v) is 6.19. The molecule has 15 heavy (non-hydrogen) atoms. The van der Waals surface area contributed by atoms with Crippen molar-refractivity contribution in [1.29, 1.82) is 0 Å². The molecule has 0 radical (unpaired) electrons. The lowest BCUT2D eigenvalue weighted by atomic mass is 10.4. The Balaban J connectivity index is 2.56. The van der Waals surface area contributed by atoms with Crippen molar-refractivity contribution in [2.24, 2.45) is 0 Å². The number of allylic oxidation sites excluding steroid dienone is 1. The minimum atomic E-state index is -3.34. The van der Waals surface area contributed by atoms with Crippen molar-refractivity contribution >= 4 is 15.7 Å². The molecule has 1 rings (SSSR count). The molecule has 0 aromatic carbocycles. The van der Waals surface area contributed by atoms with Crippen molar-refractivity contribution in [3.05, 3.63) is 12.2 Å². The standard InChI is InChI=1S/C10H17NO3S/c1-3-4-7-15(13,14)8(2)10(12)11-9-5-6-9/h3-4,8-9H,5-7H2,1-2H3,(H,11,12). The van der Waals surface area contributed by atoms with Crippen molar-refractivity contribution in [2.45, 2.75) is 38.0 Å². The summed E-state index contributed by atoms with van der Waals surface area (Å²) in [4.78, 5) is 11.5. The summed E-state index contributed by atoms with van der Waals surface area (Å²) in [7, 11) is -3.34. The van der Waals surface area contributed by atoms with E-state index in [0.29, 0.717) is 0 Å². The summed E-state index contributed by atoms with van der Waals surface area (Å²) in [5, 5.41) is 1.74. The van der Waals surface area contributed by atoms with Gasteiger partial charge in [-0.1, -0.05) is 12.2 Å². The molecule has 0 saturated heterocycles. The van der Waals surface area contributed by atoms with Crippen LogP contribution in [0.5, 0.6) is 0 Å². The van der Waals surface area contributed by atoms with Gasteiger partial charge in [0.15, 0.2) is 9.84 Å². The molecule has 0 heterocycles. The molecule has 1 aliphatic carbocycles. The van der Waals surface area contributed by atoms with Gasteiger partial charge in [0.25, 0.3) is 0 Å². The van der Waals surface area contributed by atoms with E-state index in [1.165, 1.54) is 6.92 Å². The summed E-state index contributed by atoms with van der Waals surface area (Å²) in [5.41, 5.74) is 0. The molecule has 1 N–H and O–H groups in total. The molecule has 1 aliphatic rings. The first kappa shape index (κ1) is 12.2. The van der Waals surface area contributed by atoms with Crippen LogP contribution in [-0.2, 0) is 14.6 Å². The zero-order valence-electron chi connectivity index (χ0n) is 9.06. The van der Waals surface area contributed by atoms with Gasteiger partial charge in [-0.3, -0.25) is 4.79 Å². The summed E-state index contributed by atoms with van der Waals surface area (Å²) in [6.07, 6.45) is 5.15. The van der Waals surface area contributed by atoms with E-state index in [9.17, 15) is 13.2 Å². The lowest BCUT2D eigenvalue weighted by Gasteiger charge is -2.11. The number of carbonyl (C=O) groups is 1. The van der Waals surface area contributed by atoms with Crippen molar-refractivity contribution in [3.8, 4) is 0 Å². The molecule has 1 fully saturated rings. The highest BCUT2D eigenvalue weighted by Gasteiger charge is 2.31. The molecule has 1 atom stereocenters. The zero-order valence-corrected chi connectivity index (χ0v) is 9.88. The fourth-order valence-corrected chi connectivity index (χ4v) is 2.23. The van der Waals surface area contributed by atoms with Gasteiger partial charge in [-0.25, -0.2) is 8.42 Å². The highest BCUT2D eigenvalue weighted by atomic mass is 32.2. The molecule has 0 aromatic rings. The minimum Gasteiger partial charge on any atom is -0.352 e. The number of sulfone groups is 1. The molecule has 1 unspecified atom stereocenters. The molecule has 86 valence electrons. The Bertz CT molecular complexity index is 355. The summed E-state index contributed by atoms with van der Waals surface area (Å²) in [6, 6.07) is 0.205. The third kappa shape index (κ3) is 3.66. The maximum absolute atomic E-state index is 11.6. The molecule has 0 aliphatic heterocycles. The second-order valence-electron chi connectivity index (χ2n) is 3.82. The van der Waals surface area contributed by atoms with Gasteiger partial charge < -0.3 is 5.32 Å². The van der Waals surface area contributed by atoms with Gasteiger partial charge in [0.05, 0.1) is 5.75 Å². The predicted molar refractivity (Wildman–Crippen MR) is 59.2 cm³/mol. The number of hydrogen-bond donors (Lipinski definition) is 1. The predicted octanol–water partition coefficient (Wildman–Crippen LogP) is 0.644. The Morgan fingerprint density at radius 2 is 2.13 bits per heavy atom. The van der Waals surface area contributed by atoms with Gasteiger partial charge in [-0.2, -0.15) is 0 Å². The lowest BCUT2D eigenvalue weighted by molar-refractivity contribution is -0.120. The first-order chi connectivity index (χ1) is 6.97. The summed E-state index contributed by atoms with van der Waals surface area (Å²) in [6.45, 7) is 3.20. The molecular formula is C10H17NO3S. The minimum absolute atomic E-state index is 0.0667. The van der Waals surface area contributed by atoms with Crippen LogP contribution in [0.1, 0.15) is 26.7 Å². The van der Waals surface area contributed by atoms with Crippen molar-refractivity contribution in [3.63, 3.8) is 0 Å². The van der Waals surface area contributed by atoms with E-state index in [1.54, 1.807) is 19.1 Å². The van der Waals surface area contributed by atoms with Crippen molar-refractivity contribution in [2.75, 3.05) is 5.75 Å². The fraction of sp³-hybridized carbons (Fsp3) is 0.700. The number of amides is 1. The number of rotatable bonds is 5. The summed E-state index contributed by atoms with van der Waals surface area (Å²) in [5.74, 6) is -0.440. The molecule has 1 amide bonds. The number of nitrogens with one attached hydrogen (secondary N) is 1. The van der Waals surface area contributed by atoms with E-state index in [4.69, 9.17) is 0 Å². The summed E-state index contributed by atoms with van der Waals surface area (Å²) < 4.78 is 23.2. The topological polar surface area (TPSA) is 63.2 Å². The third-order valence-corrected chi connectivity index (χ3v) is 4.34. The van der Waals surface area contributed by atoms with E-state index in [-0.39, 0.29) is 17.7 Å². The Morgan fingerprint density at radius 3 is 2.60 bits per heavy atom. The monoisotopic (exact) mass is 231 g/mol. The average molecular weight is 231 g/mol. The zero-order chi connectivity index (χ0) is 11.5.